The molecule has 318 valence electrons. The summed E-state index contributed by atoms with van der Waals surface area (Å²) in [6, 6.07) is -1.67. The summed E-state index contributed by atoms with van der Waals surface area (Å²) in [4.78, 5) is 47.9. The molecule has 1 unspecified atom stereocenters. The van der Waals surface area contributed by atoms with E-state index < -0.39 is 51.1 Å². The van der Waals surface area contributed by atoms with E-state index in [1.54, 1.807) is 0 Å². The van der Waals surface area contributed by atoms with E-state index in [-0.39, 0.29) is 78.6 Å². The second-order valence-electron chi connectivity index (χ2n) is 14.8. The van der Waals surface area contributed by atoms with Gasteiger partial charge in [-0.05, 0) is 38.5 Å². The zero-order valence-corrected chi connectivity index (χ0v) is 41.1. The SMILES string of the molecule is CCCCCCCC/C=C\CCCCCCCC(=O)O[C@H](COC(=O)CCCCCCCCCCCCCCCCC)COP(=O)([O-])OC[C@H](N)C(=O)[O-].[Na+].[Na+]. The molecule has 56 heavy (non-hydrogen) atoms. The predicted molar refractivity (Wildman–Crippen MR) is 212 cm³/mol. The van der Waals surface area contributed by atoms with Crippen LogP contribution in [0, 0.1) is 0 Å². The van der Waals surface area contributed by atoms with Crippen LogP contribution in [0.25, 0.3) is 0 Å². The van der Waals surface area contributed by atoms with E-state index in [0.29, 0.717) is 12.8 Å². The van der Waals surface area contributed by atoms with Crippen LogP contribution in [-0.2, 0) is 37.5 Å². The van der Waals surface area contributed by atoms with Gasteiger partial charge in [0.05, 0.1) is 25.2 Å². The van der Waals surface area contributed by atoms with Gasteiger partial charge in [0.1, 0.15) is 6.61 Å². The van der Waals surface area contributed by atoms with Crippen LogP contribution in [0.1, 0.15) is 206 Å². The van der Waals surface area contributed by atoms with Crippen LogP contribution in [0.3, 0.4) is 0 Å². The van der Waals surface area contributed by atoms with Gasteiger partial charge in [0, 0.05) is 12.8 Å². The summed E-state index contributed by atoms with van der Waals surface area (Å²) in [5.74, 6) is -2.71. The minimum atomic E-state index is -4.99. The first-order valence-corrected chi connectivity index (χ1v) is 23.1. The third-order valence-corrected chi connectivity index (χ3v) is 10.4. The molecule has 11 nitrogen and oxygen atoms in total. The molecule has 0 heterocycles. The third-order valence-electron chi connectivity index (χ3n) is 9.49. The molecule has 0 saturated carbocycles. The van der Waals surface area contributed by atoms with Crippen LogP contribution in [0.15, 0.2) is 12.2 Å². The maximum absolute atomic E-state index is 12.6. The number of esters is 2. The molecule has 0 aliphatic heterocycles. The number of carboxylic acids is 1. The van der Waals surface area contributed by atoms with Crippen molar-refractivity contribution >= 4 is 25.7 Å². The molecule has 0 bridgehead atoms. The maximum Gasteiger partial charge on any atom is 1.00 e. The molecule has 0 fully saturated rings. The van der Waals surface area contributed by atoms with E-state index in [4.69, 9.17) is 19.7 Å². The van der Waals surface area contributed by atoms with Crippen molar-refractivity contribution in [3.63, 3.8) is 0 Å². The predicted octanol–water partition coefficient (Wildman–Crippen LogP) is 3.33. The molecule has 0 aromatic carbocycles. The average Bonchev–Trinajstić information content (AvgIpc) is 3.14. The number of aliphatic carboxylic acids is 1. The first kappa shape index (κ1) is 60.5. The average molecular weight is 834 g/mol. The summed E-state index contributed by atoms with van der Waals surface area (Å²) in [6.07, 6.45) is 36.7. The van der Waals surface area contributed by atoms with E-state index in [1.165, 1.54) is 109 Å². The third kappa shape index (κ3) is 43.8. The fourth-order valence-electron chi connectivity index (χ4n) is 6.05. The van der Waals surface area contributed by atoms with Gasteiger partial charge in [0.15, 0.2) is 6.10 Å². The number of ether oxygens (including phenoxy) is 2. The number of unbranched alkanes of at least 4 members (excludes halogenated alkanes) is 25. The smallest absolute Gasteiger partial charge is 0.756 e. The number of carboxylic acid groups (broad SMARTS) is 1. The molecule has 0 saturated heterocycles. The number of rotatable bonds is 41. The topological polar surface area (TPSA) is 177 Å². The number of carbonyl (C=O) groups excluding carboxylic acids is 3. The number of carbonyl (C=O) groups is 3. The number of phosphoric ester groups is 1. The van der Waals surface area contributed by atoms with Crippen molar-refractivity contribution < 1.29 is 107 Å². The summed E-state index contributed by atoms with van der Waals surface area (Å²) in [5, 5.41) is 10.8. The Morgan fingerprint density at radius 3 is 1.32 bits per heavy atom. The first-order chi connectivity index (χ1) is 26.1. The molecule has 0 amide bonds. The Morgan fingerprint density at radius 1 is 0.554 bits per heavy atom. The molecule has 0 rings (SSSR count). The molecule has 2 N–H and O–H groups in total. The van der Waals surface area contributed by atoms with Crippen molar-refractivity contribution in [2.24, 2.45) is 5.73 Å². The van der Waals surface area contributed by atoms with Gasteiger partial charge in [-0.1, -0.05) is 167 Å². The number of hydrogen-bond donors (Lipinski definition) is 1. The normalized spacial score (nSPS) is 13.4. The Kier molecular flexibility index (Phi) is 48.4. The maximum atomic E-state index is 12.6. The minimum absolute atomic E-state index is 0. The summed E-state index contributed by atoms with van der Waals surface area (Å²) in [7, 11) is -4.99. The Balaban J connectivity index is -0.0000140. The Bertz CT molecular complexity index is 991. The van der Waals surface area contributed by atoms with Crippen molar-refractivity contribution in [1.29, 1.82) is 0 Å². The van der Waals surface area contributed by atoms with Gasteiger partial charge in [-0.2, -0.15) is 0 Å². The van der Waals surface area contributed by atoms with Gasteiger partial charge in [-0.15, -0.1) is 0 Å². The van der Waals surface area contributed by atoms with E-state index in [2.05, 4.69) is 30.5 Å². The van der Waals surface area contributed by atoms with Gasteiger partial charge < -0.3 is 39.0 Å². The summed E-state index contributed by atoms with van der Waals surface area (Å²) in [5.41, 5.74) is 5.24. The standard InChI is InChI=1S/C42H80NO10P.2Na/c1-3-5-7-9-11-13-15-17-19-21-23-25-27-29-31-33-40(44)50-35-38(36-51-54(48,49)52-37-39(43)42(46)47)53-41(45)34-32-30-28-26-24-22-20-18-16-14-12-10-8-6-4-2;;/h18,20,38-39H,3-17,19,21-37,43H2,1-2H3,(H,46,47)(H,48,49);;/q;2*+1/p-2/b20-18-;;/t38-,39+;;/m1../s1. The molecular weight excluding hydrogens is 755 g/mol. The summed E-state index contributed by atoms with van der Waals surface area (Å²) >= 11 is 0. The largest absolute Gasteiger partial charge is 1.00 e. The Labute approximate surface area is 385 Å². The molecule has 0 aromatic heterocycles. The van der Waals surface area contributed by atoms with Crippen molar-refractivity contribution in [2.45, 2.75) is 219 Å². The van der Waals surface area contributed by atoms with Gasteiger partial charge in [0.2, 0.25) is 0 Å². The Morgan fingerprint density at radius 2 is 0.911 bits per heavy atom. The number of phosphoric acid groups is 1. The fourth-order valence-corrected chi connectivity index (χ4v) is 6.82. The van der Waals surface area contributed by atoms with Crippen LogP contribution in [0.5, 0.6) is 0 Å². The first-order valence-electron chi connectivity index (χ1n) is 21.7. The molecule has 0 spiro atoms. The van der Waals surface area contributed by atoms with Crippen LogP contribution in [-0.4, -0.2) is 49.9 Å². The second kappa shape index (κ2) is 44.8. The van der Waals surface area contributed by atoms with Crippen LogP contribution in [0.4, 0.5) is 0 Å². The zero-order chi connectivity index (χ0) is 40.0. The van der Waals surface area contributed by atoms with Crippen molar-refractivity contribution in [3.05, 3.63) is 12.2 Å². The second-order valence-corrected chi connectivity index (χ2v) is 16.2. The van der Waals surface area contributed by atoms with Gasteiger partial charge in [0.25, 0.3) is 7.82 Å². The molecule has 0 aliphatic carbocycles. The zero-order valence-electron chi connectivity index (χ0n) is 36.3. The molecule has 3 atom stereocenters. The van der Waals surface area contributed by atoms with Crippen molar-refractivity contribution in [1.82, 2.24) is 0 Å². The summed E-state index contributed by atoms with van der Waals surface area (Å²) < 4.78 is 32.2. The van der Waals surface area contributed by atoms with Crippen LogP contribution in [0.2, 0.25) is 0 Å². The van der Waals surface area contributed by atoms with E-state index in [9.17, 15) is 28.9 Å². The van der Waals surface area contributed by atoms with E-state index >= 15 is 0 Å². The van der Waals surface area contributed by atoms with Crippen LogP contribution < -0.4 is 74.8 Å². The van der Waals surface area contributed by atoms with Gasteiger partial charge >= 0.3 is 71.1 Å². The van der Waals surface area contributed by atoms with E-state index in [0.717, 1.165) is 57.8 Å². The fraction of sp³-hybridized carbons (Fsp3) is 0.881. The minimum Gasteiger partial charge on any atom is -0.756 e. The number of allylic oxidation sites excluding steroid dienone is 2. The Hall–Kier alpha value is 0.220. The van der Waals surface area contributed by atoms with Crippen LogP contribution >= 0.6 is 7.82 Å². The van der Waals surface area contributed by atoms with Gasteiger partial charge in [-0.3, -0.25) is 14.2 Å². The molecule has 0 aliphatic rings. The number of hydrogen-bond acceptors (Lipinski definition) is 11. The van der Waals surface area contributed by atoms with Crippen molar-refractivity contribution in [3.8, 4) is 0 Å². The van der Waals surface area contributed by atoms with E-state index in [1.807, 2.05) is 0 Å². The monoisotopic (exact) mass is 834 g/mol. The van der Waals surface area contributed by atoms with Gasteiger partial charge in [-0.25, -0.2) is 0 Å². The molecular formula is C42H78NNa2O10P. The molecule has 0 radical (unpaired) electrons. The quantitative estimate of drug-likeness (QED) is 0.0315. The van der Waals surface area contributed by atoms with Crippen molar-refractivity contribution in [2.75, 3.05) is 19.8 Å². The molecule has 14 heteroatoms. The summed E-state index contributed by atoms with van der Waals surface area (Å²) in [6.45, 7) is 2.56. The molecule has 0 aromatic rings. The number of nitrogens with two attached hydrogens (primary N) is 1.